The van der Waals surface area contributed by atoms with E-state index in [1.165, 1.54) is 12.1 Å². The van der Waals surface area contributed by atoms with Crippen LogP contribution in [0.15, 0.2) is 48.5 Å². The van der Waals surface area contributed by atoms with Crippen molar-refractivity contribution in [2.75, 3.05) is 30.5 Å². The molecular formula is C21H22F3N3O2S2. The lowest BCUT2D eigenvalue weighted by atomic mass is 10.2. The highest BCUT2D eigenvalue weighted by Crippen LogP contribution is 2.39. The predicted molar refractivity (Wildman–Crippen MR) is 118 cm³/mol. The maximum absolute atomic E-state index is 13.6. The van der Waals surface area contributed by atoms with Crippen molar-refractivity contribution < 1.29 is 22.1 Å². The van der Waals surface area contributed by atoms with Gasteiger partial charge in [-0.3, -0.25) is 4.31 Å². The lowest BCUT2D eigenvalue weighted by molar-refractivity contribution is -0.274. The van der Waals surface area contributed by atoms with Gasteiger partial charge in [-0.15, -0.1) is 24.5 Å². The Balaban J connectivity index is 1.65. The number of nitrogens with zero attached hydrogens (tertiary/aromatic N) is 2. The molecule has 0 spiro atoms. The van der Waals surface area contributed by atoms with Gasteiger partial charge in [0, 0.05) is 30.9 Å². The summed E-state index contributed by atoms with van der Waals surface area (Å²) in [7, 11) is 0. The lowest BCUT2D eigenvalue weighted by Gasteiger charge is -2.32. The van der Waals surface area contributed by atoms with Crippen LogP contribution in [0.4, 0.5) is 18.2 Å². The molecule has 1 aliphatic heterocycles. The molecule has 1 atom stereocenters. The molecule has 0 aliphatic carbocycles. The Labute approximate surface area is 185 Å². The van der Waals surface area contributed by atoms with E-state index in [-0.39, 0.29) is 5.75 Å². The molecule has 1 N–H and O–H groups in total. The van der Waals surface area contributed by atoms with Crippen molar-refractivity contribution in [3.8, 4) is 5.75 Å². The minimum atomic E-state index is -4.73. The Morgan fingerprint density at radius 2 is 1.81 bits per heavy atom. The van der Waals surface area contributed by atoms with Gasteiger partial charge in [0.05, 0.1) is 6.54 Å². The summed E-state index contributed by atoms with van der Waals surface area (Å²) in [5.74, 6) is -0.274. The quantitative estimate of drug-likeness (QED) is 0.574. The molecule has 2 aromatic carbocycles. The van der Waals surface area contributed by atoms with Crippen molar-refractivity contribution in [2.24, 2.45) is 0 Å². The summed E-state index contributed by atoms with van der Waals surface area (Å²) >= 11 is 0.144. The van der Waals surface area contributed by atoms with Crippen molar-refractivity contribution in [1.82, 2.24) is 9.62 Å². The van der Waals surface area contributed by atoms with Gasteiger partial charge in [-0.1, -0.05) is 30.3 Å². The van der Waals surface area contributed by atoms with Gasteiger partial charge in [0.15, 0.2) is 11.2 Å². The van der Waals surface area contributed by atoms with Gasteiger partial charge in [0.25, 0.3) is 0 Å². The molecule has 31 heavy (non-hydrogen) atoms. The third-order valence-corrected chi connectivity index (χ3v) is 7.92. The van der Waals surface area contributed by atoms with Crippen LogP contribution in [-0.2, 0) is 17.7 Å². The summed E-state index contributed by atoms with van der Waals surface area (Å²) in [6, 6.07) is 13.7. The molecular weight excluding hydrogens is 447 g/mol. The maximum atomic E-state index is 13.6. The first kappa shape index (κ1) is 22.1. The van der Waals surface area contributed by atoms with E-state index in [1.807, 2.05) is 39.8 Å². The fourth-order valence-corrected chi connectivity index (χ4v) is 6.23. The summed E-state index contributed by atoms with van der Waals surface area (Å²) in [6.45, 7) is 5.15. The van der Waals surface area contributed by atoms with Gasteiger partial charge >= 0.3 is 6.36 Å². The Bertz CT molecular complexity index is 1060. The second-order valence-corrected chi connectivity index (χ2v) is 9.62. The minimum absolute atomic E-state index is 0.274. The molecule has 1 unspecified atom stereocenters. The SMILES string of the molecule is Cc1c(N(Cc2ccc(OC(F)(F)F)cc2)S(=O)N2CCNCC2)sc2ccccc12. The molecule has 166 valence electrons. The summed E-state index contributed by atoms with van der Waals surface area (Å²) < 4.78 is 59.7. The van der Waals surface area contributed by atoms with Crippen LogP contribution < -0.4 is 14.4 Å². The number of ether oxygens (including phenoxy) is 1. The molecule has 1 aromatic heterocycles. The fraction of sp³-hybridized carbons (Fsp3) is 0.333. The molecule has 2 heterocycles. The number of hydrogen-bond acceptors (Lipinski definition) is 4. The summed E-state index contributed by atoms with van der Waals surface area (Å²) in [5, 5.41) is 5.26. The topological polar surface area (TPSA) is 44.8 Å². The van der Waals surface area contributed by atoms with Crippen molar-refractivity contribution >= 4 is 37.6 Å². The zero-order valence-corrected chi connectivity index (χ0v) is 18.4. The molecule has 0 bridgehead atoms. The van der Waals surface area contributed by atoms with Crippen LogP contribution in [0.3, 0.4) is 0 Å². The third-order valence-electron chi connectivity index (χ3n) is 5.01. The van der Waals surface area contributed by atoms with Crippen LogP contribution in [0.2, 0.25) is 0 Å². The molecule has 4 rings (SSSR count). The van der Waals surface area contributed by atoms with Crippen LogP contribution in [0.25, 0.3) is 10.1 Å². The van der Waals surface area contributed by atoms with E-state index in [4.69, 9.17) is 0 Å². The molecule has 1 aliphatic rings. The molecule has 0 amide bonds. The molecule has 0 radical (unpaired) electrons. The monoisotopic (exact) mass is 469 g/mol. The zero-order chi connectivity index (χ0) is 22.0. The van der Waals surface area contributed by atoms with Gasteiger partial charge in [0.2, 0.25) is 0 Å². The van der Waals surface area contributed by atoms with Crippen molar-refractivity contribution in [2.45, 2.75) is 19.8 Å². The Morgan fingerprint density at radius 3 is 2.45 bits per heavy atom. The molecule has 1 saturated heterocycles. The van der Waals surface area contributed by atoms with Crippen molar-refractivity contribution in [1.29, 1.82) is 0 Å². The van der Waals surface area contributed by atoms with Crippen molar-refractivity contribution in [3.63, 3.8) is 0 Å². The van der Waals surface area contributed by atoms with E-state index in [9.17, 15) is 17.4 Å². The van der Waals surface area contributed by atoms with Crippen LogP contribution >= 0.6 is 11.3 Å². The number of thiophene rings is 1. The standard InChI is InChI=1S/C21H22F3N3O2S2/c1-15-18-4-2-3-5-19(18)30-20(15)27(31(28)26-12-10-25-11-13-26)14-16-6-8-17(9-7-16)29-21(22,23)24/h2-9,25H,10-14H2,1H3. The second kappa shape index (κ2) is 9.15. The third kappa shape index (κ3) is 5.20. The minimum Gasteiger partial charge on any atom is -0.406 e. The number of alkyl halides is 3. The maximum Gasteiger partial charge on any atom is 0.573 e. The number of benzene rings is 2. The summed E-state index contributed by atoms with van der Waals surface area (Å²) in [5.41, 5.74) is 1.79. The number of piperazine rings is 1. The average Bonchev–Trinajstić information content (AvgIpc) is 3.09. The van der Waals surface area contributed by atoms with Gasteiger partial charge in [-0.2, -0.15) is 0 Å². The normalized spacial score (nSPS) is 16.4. The first-order valence-corrected chi connectivity index (χ1v) is 11.7. The first-order chi connectivity index (χ1) is 14.8. The van der Waals surface area contributed by atoms with Crippen LogP contribution in [-0.4, -0.2) is 41.1 Å². The van der Waals surface area contributed by atoms with E-state index in [0.29, 0.717) is 19.6 Å². The van der Waals surface area contributed by atoms with Gasteiger partial charge in [-0.25, -0.2) is 8.51 Å². The Morgan fingerprint density at radius 1 is 1.13 bits per heavy atom. The van der Waals surface area contributed by atoms with Gasteiger partial charge in [-0.05, 0) is 41.6 Å². The molecule has 3 aromatic rings. The average molecular weight is 470 g/mol. The number of nitrogens with one attached hydrogen (secondary N) is 1. The fourth-order valence-electron chi connectivity index (χ4n) is 3.50. The van der Waals surface area contributed by atoms with Gasteiger partial charge < -0.3 is 10.1 Å². The van der Waals surface area contributed by atoms with Crippen LogP contribution in [0.1, 0.15) is 11.1 Å². The number of hydrogen-bond donors (Lipinski definition) is 1. The number of aryl methyl sites for hydroxylation is 1. The number of halogens is 3. The molecule has 0 saturated carbocycles. The number of rotatable bonds is 6. The first-order valence-electron chi connectivity index (χ1n) is 9.80. The van der Waals surface area contributed by atoms with E-state index < -0.39 is 17.5 Å². The molecule has 1 fully saturated rings. The zero-order valence-electron chi connectivity index (χ0n) is 16.8. The van der Waals surface area contributed by atoms with Crippen LogP contribution in [0.5, 0.6) is 5.75 Å². The van der Waals surface area contributed by atoms with E-state index >= 15 is 0 Å². The van der Waals surface area contributed by atoms with Gasteiger partial charge in [0.1, 0.15) is 10.8 Å². The highest BCUT2D eigenvalue weighted by molar-refractivity contribution is 7.84. The van der Waals surface area contributed by atoms with E-state index in [1.54, 1.807) is 23.5 Å². The van der Waals surface area contributed by atoms with Crippen LogP contribution in [0, 0.1) is 6.92 Å². The second-order valence-electron chi connectivity index (χ2n) is 7.17. The molecule has 5 nitrogen and oxygen atoms in total. The highest BCUT2D eigenvalue weighted by atomic mass is 32.2. The highest BCUT2D eigenvalue weighted by Gasteiger charge is 2.31. The summed E-state index contributed by atoms with van der Waals surface area (Å²) in [6.07, 6.45) is -4.73. The predicted octanol–water partition coefficient (Wildman–Crippen LogP) is 4.60. The van der Waals surface area contributed by atoms with E-state index in [2.05, 4.69) is 10.1 Å². The van der Waals surface area contributed by atoms with Crippen molar-refractivity contribution in [3.05, 3.63) is 59.7 Å². The molecule has 10 heteroatoms. The number of fused-ring (bicyclic) bond motifs is 1. The van der Waals surface area contributed by atoms with E-state index in [0.717, 1.165) is 39.3 Å². The lowest BCUT2D eigenvalue weighted by Crippen LogP contribution is -2.48. The summed E-state index contributed by atoms with van der Waals surface area (Å²) in [4.78, 5) is 0. The Hall–Kier alpha value is -2.14. The largest absolute Gasteiger partial charge is 0.573 e. The number of anilines is 1. The smallest absolute Gasteiger partial charge is 0.406 e. The Kier molecular flexibility index (Phi) is 6.52.